The molecule has 0 radical (unpaired) electrons. The summed E-state index contributed by atoms with van der Waals surface area (Å²) in [5.41, 5.74) is 4.42. The highest BCUT2D eigenvalue weighted by molar-refractivity contribution is 5.08. The van der Waals surface area contributed by atoms with Gasteiger partial charge in [0.2, 0.25) is 0 Å². The van der Waals surface area contributed by atoms with E-state index in [0.717, 1.165) is 23.8 Å². The standard InChI is InChI=1S/C11H17N7/c1-3-18-11(15-7-16-18)4-9(17-12)10-6-13-8(2)5-14-10/h5-7,9,17H,3-4,12H2,1-2H3. The molecule has 0 aromatic carbocycles. The maximum Gasteiger partial charge on any atom is 0.138 e. The van der Waals surface area contributed by atoms with Crippen LogP contribution in [0.25, 0.3) is 0 Å². The molecule has 0 bridgehead atoms. The number of nitrogens with two attached hydrogens (primary N) is 1. The molecule has 0 amide bonds. The number of rotatable bonds is 5. The van der Waals surface area contributed by atoms with Crippen molar-refractivity contribution in [2.75, 3.05) is 0 Å². The van der Waals surface area contributed by atoms with Crippen molar-refractivity contribution in [2.24, 2.45) is 5.84 Å². The van der Waals surface area contributed by atoms with E-state index in [4.69, 9.17) is 5.84 Å². The third-order valence-electron chi connectivity index (χ3n) is 2.74. The number of nitrogens with zero attached hydrogens (tertiary/aromatic N) is 5. The Labute approximate surface area is 105 Å². The average Bonchev–Trinajstić information content (AvgIpc) is 2.84. The van der Waals surface area contributed by atoms with Gasteiger partial charge in [0.25, 0.3) is 0 Å². The second kappa shape index (κ2) is 5.65. The van der Waals surface area contributed by atoms with Crippen molar-refractivity contribution in [3.05, 3.63) is 35.9 Å². The van der Waals surface area contributed by atoms with Crippen molar-refractivity contribution in [1.82, 2.24) is 30.2 Å². The van der Waals surface area contributed by atoms with Crippen molar-refractivity contribution in [2.45, 2.75) is 32.9 Å². The molecule has 2 rings (SSSR count). The van der Waals surface area contributed by atoms with Crippen LogP contribution in [0.15, 0.2) is 18.7 Å². The summed E-state index contributed by atoms with van der Waals surface area (Å²) in [6.45, 7) is 4.70. The first-order valence-corrected chi connectivity index (χ1v) is 5.86. The second-order valence-corrected chi connectivity index (χ2v) is 4.00. The first kappa shape index (κ1) is 12.6. The van der Waals surface area contributed by atoms with Gasteiger partial charge in [0, 0.05) is 19.2 Å². The van der Waals surface area contributed by atoms with Crippen LogP contribution in [0.5, 0.6) is 0 Å². The number of hydrogen-bond acceptors (Lipinski definition) is 6. The van der Waals surface area contributed by atoms with Crippen molar-refractivity contribution < 1.29 is 0 Å². The Morgan fingerprint density at radius 3 is 2.78 bits per heavy atom. The Kier molecular flexibility index (Phi) is 3.96. The molecule has 0 saturated heterocycles. The van der Waals surface area contributed by atoms with Gasteiger partial charge in [-0.15, -0.1) is 0 Å². The lowest BCUT2D eigenvalue weighted by atomic mass is 10.1. The zero-order chi connectivity index (χ0) is 13.0. The summed E-state index contributed by atoms with van der Waals surface area (Å²) in [6.07, 6.45) is 5.63. The molecule has 1 unspecified atom stereocenters. The molecule has 0 aliphatic carbocycles. The Morgan fingerprint density at radius 1 is 1.33 bits per heavy atom. The van der Waals surface area contributed by atoms with Crippen molar-refractivity contribution in [3.63, 3.8) is 0 Å². The molecule has 96 valence electrons. The molecule has 7 nitrogen and oxygen atoms in total. The number of aryl methyl sites for hydroxylation is 2. The van der Waals surface area contributed by atoms with E-state index in [2.05, 4.69) is 25.5 Å². The average molecular weight is 247 g/mol. The molecule has 2 aromatic heterocycles. The maximum absolute atomic E-state index is 5.58. The third-order valence-corrected chi connectivity index (χ3v) is 2.74. The number of hydrazine groups is 1. The lowest BCUT2D eigenvalue weighted by molar-refractivity contribution is 0.499. The van der Waals surface area contributed by atoms with Gasteiger partial charge >= 0.3 is 0 Å². The monoisotopic (exact) mass is 247 g/mol. The first-order chi connectivity index (χ1) is 8.74. The van der Waals surface area contributed by atoms with Crippen LogP contribution in [-0.2, 0) is 13.0 Å². The van der Waals surface area contributed by atoms with Gasteiger partial charge in [-0.2, -0.15) is 5.10 Å². The predicted octanol–water partition coefficient (Wildman–Crippen LogP) is 0.144. The molecule has 0 saturated carbocycles. The van der Waals surface area contributed by atoms with Crippen LogP contribution in [0.4, 0.5) is 0 Å². The Morgan fingerprint density at radius 2 is 2.17 bits per heavy atom. The van der Waals surface area contributed by atoms with Gasteiger partial charge in [0.05, 0.1) is 23.6 Å². The summed E-state index contributed by atoms with van der Waals surface area (Å²) in [6, 6.07) is -0.118. The quantitative estimate of drug-likeness (QED) is 0.576. The van der Waals surface area contributed by atoms with Crippen molar-refractivity contribution in [3.8, 4) is 0 Å². The van der Waals surface area contributed by atoms with E-state index in [1.165, 1.54) is 0 Å². The van der Waals surface area contributed by atoms with E-state index in [9.17, 15) is 0 Å². The topological polar surface area (TPSA) is 94.5 Å². The molecule has 0 fully saturated rings. The summed E-state index contributed by atoms with van der Waals surface area (Å²) in [5.74, 6) is 6.45. The molecule has 18 heavy (non-hydrogen) atoms. The van der Waals surface area contributed by atoms with Gasteiger partial charge in [-0.05, 0) is 13.8 Å². The van der Waals surface area contributed by atoms with Gasteiger partial charge in [0.1, 0.15) is 12.2 Å². The van der Waals surface area contributed by atoms with E-state index in [1.54, 1.807) is 18.7 Å². The lowest BCUT2D eigenvalue weighted by Crippen LogP contribution is -2.31. The lowest BCUT2D eigenvalue weighted by Gasteiger charge is -2.14. The fourth-order valence-electron chi connectivity index (χ4n) is 1.72. The largest absolute Gasteiger partial charge is 0.271 e. The summed E-state index contributed by atoms with van der Waals surface area (Å²) >= 11 is 0. The molecular formula is C11H17N7. The third kappa shape index (κ3) is 2.69. The van der Waals surface area contributed by atoms with Crippen LogP contribution in [0, 0.1) is 6.92 Å². The van der Waals surface area contributed by atoms with Crippen LogP contribution in [0.1, 0.15) is 30.2 Å². The van der Waals surface area contributed by atoms with Gasteiger partial charge in [-0.25, -0.2) is 4.98 Å². The Bertz CT molecular complexity index is 490. The Balaban J connectivity index is 2.17. The SMILES string of the molecule is CCn1ncnc1CC(NN)c1cnc(C)cn1. The molecule has 3 N–H and O–H groups in total. The minimum absolute atomic E-state index is 0.118. The molecule has 7 heteroatoms. The minimum atomic E-state index is -0.118. The number of hydrogen-bond donors (Lipinski definition) is 2. The molecule has 1 atom stereocenters. The summed E-state index contributed by atoms with van der Waals surface area (Å²) in [7, 11) is 0. The molecule has 2 aromatic rings. The van der Waals surface area contributed by atoms with Gasteiger partial charge in [0.15, 0.2) is 0 Å². The second-order valence-electron chi connectivity index (χ2n) is 4.00. The molecule has 0 spiro atoms. The normalized spacial score (nSPS) is 12.6. The number of aromatic nitrogens is 5. The van der Waals surface area contributed by atoms with Crippen LogP contribution >= 0.6 is 0 Å². The summed E-state index contributed by atoms with van der Waals surface area (Å²) in [5, 5.41) is 4.13. The zero-order valence-corrected chi connectivity index (χ0v) is 10.5. The van der Waals surface area contributed by atoms with E-state index < -0.39 is 0 Å². The molecule has 0 aliphatic rings. The predicted molar refractivity (Wildman–Crippen MR) is 66.2 cm³/mol. The van der Waals surface area contributed by atoms with Gasteiger partial charge < -0.3 is 0 Å². The van der Waals surface area contributed by atoms with E-state index in [0.29, 0.717) is 6.42 Å². The van der Waals surface area contributed by atoms with Crippen molar-refractivity contribution in [1.29, 1.82) is 0 Å². The smallest absolute Gasteiger partial charge is 0.138 e. The fourth-order valence-corrected chi connectivity index (χ4v) is 1.72. The first-order valence-electron chi connectivity index (χ1n) is 5.86. The van der Waals surface area contributed by atoms with Crippen LogP contribution in [0.3, 0.4) is 0 Å². The summed E-state index contributed by atoms with van der Waals surface area (Å²) < 4.78 is 1.84. The highest BCUT2D eigenvalue weighted by Crippen LogP contribution is 2.13. The highest BCUT2D eigenvalue weighted by atomic mass is 15.3. The van der Waals surface area contributed by atoms with Gasteiger partial charge in [-0.3, -0.25) is 25.9 Å². The van der Waals surface area contributed by atoms with Crippen LogP contribution < -0.4 is 11.3 Å². The number of nitrogens with one attached hydrogen (secondary N) is 1. The summed E-state index contributed by atoms with van der Waals surface area (Å²) in [4.78, 5) is 12.8. The van der Waals surface area contributed by atoms with E-state index >= 15 is 0 Å². The molecule has 0 aliphatic heterocycles. The minimum Gasteiger partial charge on any atom is -0.271 e. The van der Waals surface area contributed by atoms with Crippen molar-refractivity contribution >= 4 is 0 Å². The van der Waals surface area contributed by atoms with Gasteiger partial charge in [-0.1, -0.05) is 0 Å². The fraction of sp³-hybridized carbons (Fsp3) is 0.455. The van der Waals surface area contributed by atoms with E-state index in [1.807, 2.05) is 18.5 Å². The maximum atomic E-state index is 5.58. The Hall–Kier alpha value is -1.86. The highest BCUT2D eigenvalue weighted by Gasteiger charge is 2.15. The molecule has 2 heterocycles. The van der Waals surface area contributed by atoms with Crippen LogP contribution in [-0.4, -0.2) is 24.7 Å². The van der Waals surface area contributed by atoms with E-state index in [-0.39, 0.29) is 6.04 Å². The van der Waals surface area contributed by atoms with Crippen LogP contribution in [0.2, 0.25) is 0 Å². The molecular weight excluding hydrogens is 230 g/mol. The zero-order valence-electron chi connectivity index (χ0n) is 10.5.